The van der Waals surface area contributed by atoms with Crippen LogP contribution >= 0.6 is 0 Å². The third kappa shape index (κ3) is 4.09. The molecule has 1 rings (SSSR count). The molecule has 0 aromatic carbocycles. The van der Waals surface area contributed by atoms with Crippen LogP contribution < -0.4 is 0 Å². The summed E-state index contributed by atoms with van der Waals surface area (Å²) in [6.45, 7) is 8.72. The van der Waals surface area contributed by atoms with Gasteiger partial charge in [-0.3, -0.25) is 0 Å². The zero-order chi connectivity index (χ0) is 11.5. The summed E-state index contributed by atoms with van der Waals surface area (Å²) < 4.78 is 0. The van der Waals surface area contributed by atoms with E-state index in [0.717, 1.165) is 32.6 Å². The van der Waals surface area contributed by atoms with E-state index in [2.05, 4.69) is 37.7 Å². The van der Waals surface area contributed by atoms with Crippen LogP contribution in [0.2, 0.25) is 0 Å². The number of hydrogen-bond donors (Lipinski definition) is 1. The van der Waals surface area contributed by atoms with E-state index in [4.69, 9.17) is 0 Å². The highest BCUT2D eigenvalue weighted by Crippen LogP contribution is 2.28. The summed E-state index contributed by atoms with van der Waals surface area (Å²) in [5.41, 5.74) is 0.0658. The van der Waals surface area contributed by atoms with Crippen molar-refractivity contribution in [2.75, 3.05) is 40.3 Å². The van der Waals surface area contributed by atoms with Crippen molar-refractivity contribution < 1.29 is 5.11 Å². The number of aliphatic hydroxyl groups is 1. The Bertz CT molecular complexity index is 192. The maximum absolute atomic E-state index is 9.83. The Hall–Kier alpha value is -0.120. The largest absolute Gasteiger partial charge is 0.392 e. The van der Waals surface area contributed by atoms with Crippen LogP contribution in [0.25, 0.3) is 0 Å². The molecule has 1 fully saturated rings. The zero-order valence-corrected chi connectivity index (χ0v) is 10.7. The number of hydrogen-bond acceptors (Lipinski definition) is 3. The van der Waals surface area contributed by atoms with Crippen molar-refractivity contribution in [2.24, 2.45) is 5.41 Å². The van der Waals surface area contributed by atoms with Crippen LogP contribution in [0.15, 0.2) is 0 Å². The van der Waals surface area contributed by atoms with E-state index >= 15 is 0 Å². The molecule has 0 saturated carbocycles. The van der Waals surface area contributed by atoms with E-state index in [1.807, 2.05) is 0 Å². The van der Waals surface area contributed by atoms with Crippen LogP contribution in [0.4, 0.5) is 0 Å². The summed E-state index contributed by atoms with van der Waals surface area (Å²) in [6, 6.07) is 0. The standard InChI is InChI=1S/C12H26N2O/c1-12(2)10-14(9-6-11(12)15)8-5-7-13(3)4/h11,15H,5-10H2,1-4H3. The number of likely N-dealkylation sites (tertiary alicyclic amines) is 1. The first kappa shape index (κ1) is 12.9. The molecule has 0 bridgehead atoms. The molecule has 90 valence electrons. The molecular formula is C12H26N2O. The first-order valence-electron chi connectivity index (χ1n) is 5.97. The van der Waals surface area contributed by atoms with Crippen molar-refractivity contribution >= 4 is 0 Å². The van der Waals surface area contributed by atoms with Gasteiger partial charge in [-0.25, -0.2) is 0 Å². The predicted molar refractivity (Wildman–Crippen MR) is 64.0 cm³/mol. The van der Waals surface area contributed by atoms with Crippen molar-refractivity contribution in [1.82, 2.24) is 9.80 Å². The smallest absolute Gasteiger partial charge is 0.0615 e. The van der Waals surface area contributed by atoms with Crippen molar-refractivity contribution in [3.05, 3.63) is 0 Å². The summed E-state index contributed by atoms with van der Waals surface area (Å²) in [4.78, 5) is 4.71. The van der Waals surface area contributed by atoms with Crippen molar-refractivity contribution in [1.29, 1.82) is 0 Å². The molecule has 3 nitrogen and oxygen atoms in total. The molecule has 15 heavy (non-hydrogen) atoms. The first-order chi connectivity index (χ1) is 6.92. The van der Waals surface area contributed by atoms with Crippen molar-refractivity contribution in [3.8, 4) is 0 Å². The average molecular weight is 214 g/mol. The Morgan fingerprint density at radius 1 is 1.40 bits per heavy atom. The molecule has 1 aliphatic heterocycles. The highest BCUT2D eigenvalue weighted by atomic mass is 16.3. The van der Waals surface area contributed by atoms with E-state index < -0.39 is 0 Å². The number of aliphatic hydroxyl groups excluding tert-OH is 1. The molecule has 1 aliphatic rings. The van der Waals surface area contributed by atoms with Gasteiger partial charge in [0.05, 0.1) is 6.10 Å². The van der Waals surface area contributed by atoms with Crippen LogP contribution in [0.3, 0.4) is 0 Å². The lowest BCUT2D eigenvalue weighted by molar-refractivity contribution is -0.0248. The number of piperidine rings is 1. The van der Waals surface area contributed by atoms with E-state index in [0.29, 0.717) is 0 Å². The van der Waals surface area contributed by atoms with Gasteiger partial charge in [-0.05, 0) is 40.0 Å². The lowest BCUT2D eigenvalue weighted by atomic mass is 9.81. The average Bonchev–Trinajstić information content (AvgIpc) is 2.10. The minimum absolute atomic E-state index is 0.0658. The Labute approximate surface area is 94.1 Å². The summed E-state index contributed by atoms with van der Waals surface area (Å²) in [7, 11) is 4.23. The molecule has 1 atom stereocenters. The SMILES string of the molecule is CN(C)CCCN1CCC(O)C(C)(C)C1. The second-order valence-electron chi connectivity index (χ2n) is 5.73. The van der Waals surface area contributed by atoms with Gasteiger partial charge in [-0.2, -0.15) is 0 Å². The zero-order valence-electron chi connectivity index (χ0n) is 10.7. The summed E-state index contributed by atoms with van der Waals surface area (Å²) in [5, 5.41) is 9.83. The normalized spacial score (nSPS) is 27.2. The molecule has 1 heterocycles. The minimum Gasteiger partial charge on any atom is -0.392 e. The van der Waals surface area contributed by atoms with Gasteiger partial charge in [-0.1, -0.05) is 13.8 Å². The molecular weight excluding hydrogens is 188 g/mol. The van der Waals surface area contributed by atoms with Gasteiger partial charge in [0.1, 0.15) is 0 Å². The molecule has 3 heteroatoms. The Balaban J connectivity index is 2.27. The Morgan fingerprint density at radius 2 is 2.07 bits per heavy atom. The maximum atomic E-state index is 9.83. The minimum atomic E-state index is -0.123. The van der Waals surface area contributed by atoms with E-state index in [-0.39, 0.29) is 11.5 Å². The molecule has 0 radical (unpaired) electrons. The molecule has 0 aromatic heterocycles. The fraction of sp³-hybridized carbons (Fsp3) is 1.00. The second kappa shape index (κ2) is 5.28. The molecule has 0 spiro atoms. The van der Waals surface area contributed by atoms with E-state index in [1.165, 1.54) is 6.42 Å². The quantitative estimate of drug-likeness (QED) is 0.757. The van der Waals surface area contributed by atoms with Gasteiger partial charge in [0.25, 0.3) is 0 Å². The molecule has 0 aromatic rings. The van der Waals surface area contributed by atoms with E-state index in [9.17, 15) is 5.11 Å². The fourth-order valence-corrected chi connectivity index (χ4v) is 2.26. The lowest BCUT2D eigenvalue weighted by Gasteiger charge is -2.41. The summed E-state index contributed by atoms with van der Waals surface area (Å²) in [6.07, 6.45) is 2.02. The molecule has 0 amide bonds. The van der Waals surface area contributed by atoms with Gasteiger partial charge in [0.15, 0.2) is 0 Å². The highest BCUT2D eigenvalue weighted by Gasteiger charge is 2.33. The Kier molecular flexibility index (Phi) is 4.56. The van der Waals surface area contributed by atoms with Crippen LogP contribution in [-0.4, -0.2) is 61.3 Å². The predicted octanol–water partition coefficient (Wildman–Crippen LogP) is 1.03. The second-order valence-corrected chi connectivity index (χ2v) is 5.73. The number of nitrogens with zero attached hydrogens (tertiary/aromatic N) is 2. The van der Waals surface area contributed by atoms with E-state index in [1.54, 1.807) is 0 Å². The number of rotatable bonds is 4. The van der Waals surface area contributed by atoms with Crippen LogP contribution in [0, 0.1) is 5.41 Å². The highest BCUT2D eigenvalue weighted by molar-refractivity contribution is 4.86. The van der Waals surface area contributed by atoms with Gasteiger partial charge in [0.2, 0.25) is 0 Å². The third-order valence-electron chi connectivity index (χ3n) is 3.33. The van der Waals surface area contributed by atoms with Gasteiger partial charge in [0, 0.05) is 18.5 Å². The molecule has 1 N–H and O–H groups in total. The molecule has 0 aliphatic carbocycles. The van der Waals surface area contributed by atoms with Crippen LogP contribution in [0.5, 0.6) is 0 Å². The van der Waals surface area contributed by atoms with Crippen LogP contribution in [0.1, 0.15) is 26.7 Å². The summed E-state index contributed by atoms with van der Waals surface area (Å²) >= 11 is 0. The Morgan fingerprint density at radius 3 is 2.60 bits per heavy atom. The first-order valence-corrected chi connectivity index (χ1v) is 5.97. The maximum Gasteiger partial charge on any atom is 0.0615 e. The van der Waals surface area contributed by atoms with Gasteiger partial charge >= 0.3 is 0 Å². The summed E-state index contributed by atoms with van der Waals surface area (Å²) in [5.74, 6) is 0. The fourth-order valence-electron chi connectivity index (χ4n) is 2.26. The topological polar surface area (TPSA) is 26.7 Å². The molecule has 1 unspecified atom stereocenters. The van der Waals surface area contributed by atoms with Crippen LogP contribution in [-0.2, 0) is 0 Å². The van der Waals surface area contributed by atoms with Crippen molar-refractivity contribution in [2.45, 2.75) is 32.8 Å². The lowest BCUT2D eigenvalue weighted by Crippen LogP contribution is -2.48. The monoisotopic (exact) mass is 214 g/mol. The van der Waals surface area contributed by atoms with Crippen molar-refractivity contribution in [3.63, 3.8) is 0 Å². The van der Waals surface area contributed by atoms with Gasteiger partial charge in [-0.15, -0.1) is 0 Å². The molecule has 1 saturated heterocycles. The van der Waals surface area contributed by atoms with Gasteiger partial charge < -0.3 is 14.9 Å². The third-order valence-corrected chi connectivity index (χ3v) is 3.33.